The van der Waals surface area contributed by atoms with Crippen LogP contribution in [0.3, 0.4) is 0 Å². The van der Waals surface area contributed by atoms with E-state index in [0.717, 1.165) is 55.4 Å². The van der Waals surface area contributed by atoms with Crippen LogP contribution in [0.1, 0.15) is 36.2 Å². The van der Waals surface area contributed by atoms with Crippen LogP contribution in [0.25, 0.3) is 11.1 Å². The van der Waals surface area contributed by atoms with E-state index in [1.165, 1.54) is 0 Å². The highest BCUT2D eigenvalue weighted by atomic mass is 16.5. The first kappa shape index (κ1) is 19.0. The van der Waals surface area contributed by atoms with Crippen molar-refractivity contribution in [3.63, 3.8) is 0 Å². The second-order valence-corrected chi connectivity index (χ2v) is 7.37. The first-order valence-electron chi connectivity index (χ1n) is 10.1. The zero-order chi connectivity index (χ0) is 19.5. The molecule has 2 aromatic rings. The molecule has 1 fully saturated rings. The van der Waals surface area contributed by atoms with Crippen LogP contribution < -0.4 is 9.47 Å². The van der Waals surface area contributed by atoms with Gasteiger partial charge in [-0.15, -0.1) is 0 Å². The van der Waals surface area contributed by atoms with Crippen LogP contribution in [0, 0.1) is 0 Å². The number of nitrogens with zero attached hydrogens (tertiary/aromatic N) is 1. The molecule has 1 aliphatic heterocycles. The molecule has 1 saturated heterocycles. The fourth-order valence-corrected chi connectivity index (χ4v) is 3.84. The third-order valence-corrected chi connectivity index (χ3v) is 5.40. The van der Waals surface area contributed by atoms with Crippen LogP contribution in [0.4, 0.5) is 0 Å². The van der Waals surface area contributed by atoms with Gasteiger partial charge in [0.25, 0.3) is 0 Å². The topological polar surface area (TPSA) is 48.0 Å². The van der Waals surface area contributed by atoms with E-state index in [-0.39, 0.29) is 5.78 Å². The molecule has 5 heteroatoms. The normalized spacial score (nSPS) is 17.1. The number of ether oxygens (including phenoxy) is 3. The van der Waals surface area contributed by atoms with Crippen molar-refractivity contribution >= 4 is 5.78 Å². The van der Waals surface area contributed by atoms with Gasteiger partial charge >= 0.3 is 0 Å². The quantitative estimate of drug-likeness (QED) is 0.623. The van der Waals surface area contributed by atoms with Crippen molar-refractivity contribution < 1.29 is 19.0 Å². The zero-order valence-corrected chi connectivity index (χ0v) is 16.6. The third-order valence-electron chi connectivity index (χ3n) is 5.40. The Morgan fingerprint density at radius 2 is 1.89 bits per heavy atom. The lowest BCUT2D eigenvalue weighted by molar-refractivity contribution is 0.0106. The monoisotopic (exact) mass is 381 g/mol. The Morgan fingerprint density at radius 1 is 1.07 bits per heavy atom. The van der Waals surface area contributed by atoms with Gasteiger partial charge in [0, 0.05) is 35.8 Å². The molecule has 4 rings (SSSR count). The maximum absolute atomic E-state index is 12.9. The molecule has 2 aromatic carbocycles. The number of rotatable bonds is 7. The van der Waals surface area contributed by atoms with Gasteiger partial charge < -0.3 is 14.2 Å². The smallest absolute Gasteiger partial charge is 0.194 e. The lowest BCUT2D eigenvalue weighted by Gasteiger charge is -2.32. The second kappa shape index (κ2) is 8.33. The summed E-state index contributed by atoms with van der Waals surface area (Å²) >= 11 is 0. The highest BCUT2D eigenvalue weighted by Gasteiger charge is 2.30. The Balaban J connectivity index is 1.55. The molecule has 1 heterocycles. The van der Waals surface area contributed by atoms with E-state index in [4.69, 9.17) is 14.2 Å². The molecule has 0 N–H and O–H groups in total. The molecule has 1 unspecified atom stereocenters. The van der Waals surface area contributed by atoms with Crippen molar-refractivity contribution in [3.8, 4) is 22.6 Å². The Hall–Kier alpha value is -2.37. The van der Waals surface area contributed by atoms with Gasteiger partial charge in [-0.25, -0.2) is 0 Å². The summed E-state index contributed by atoms with van der Waals surface area (Å²) in [6.07, 6.45) is 0.935. The molecule has 1 atom stereocenters. The van der Waals surface area contributed by atoms with Crippen molar-refractivity contribution in [1.29, 1.82) is 0 Å². The Labute approximate surface area is 166 Å². The standard InChI is InChI=1S/C23H27NO4/c1-3-11-27-17-7-8-18-20(14-17)23(25)19-5-4-6-21(22(18)19)28-15-16(2)24-9-12-26-13-10-24/h4-8,14,16H,3,9-13,15H2,1-2H3. The average molecular weight is 381 g/mol. The van der Waals surface area contributed by atoms with Crippen molar-refractivity contribution in [2.24, 2.45) is 0 Å². The summed E-state index contributed by atoms with van der Waals surface area (Å²) in [5.41, 5.74) is 3.23. The zero-order valence-electron chi connectivity index (χ0n) is 16.6. The molecule has 2 aliphatic rings. The average Bonchev–Trinajstić information content (AvgIpc) is 3.03. The summed E-state index contributed by atoms with van der Waals surface area (Å²) in [5, 5.41) is 0. The summed E-state index contributed by atoms with van der Waals surface area (Å²) in [5.74, 6) is 1.55. The van der Waals surface area contributed by atoms with E-state index in [1.54, 1.807) is 0 Å². The molecule has 5 nitrogen and oxygen atoms in total. The maximum Gasteiger partial charge on any atom is 0.194 e. The van der Waals surface area contributed by atoms with Gasteiger partial charge in [0.1, 0.15) is 18.1 Å². The molecule has 0 amide bonds. The van der Waals surface area contributed by atoms with E-state index < -0.39 is 0 Å². The summed E-state index contributed by atoms with van der Waals surface area (Å²) in [4.78, 5) is 15.3. The molecule has 1 aliphatic carbocycles. The predicted octanol–water partition coefficient (Wildman–Crippen LogP) is 3.79. The van der Waals surface area contributed by atoms with Gasteiger partial charge in [-0.3, -0.25) is 9.69 Å². The molecule has 0 spiro atoms. The van der Waals surface area contributed by atoms with Crippen LogP contribution in [-0.4, -0.2) is 56.2 Å². The Morgan fingerprint density at radius 3 is 2.68 bits per heavy atom. The number of carbonyl (C=O) groups excluding carboxylic acids is 1. The number of fused-ring (bicyclic) bond motifs is 3. The number of carbonyl (C=O) groups is 1. The molecule has 0 bridgehead atoms. The summed E-state index contributed by atoms with van der Waals surface area (Å²) in [6.45, 7) is 8.87. The minimum Gasteiger partial charge on any atom is -0.494 e. The largest absolute Gasteiger partial charge is 0.494 e. The first-order chi connectivity index (χ1) is 13.7. The SMILES string of the molecule is CCCOc1ccc2c(c1)C(=O)c1cccc(OCC(C)N3CCOCC3)c1-2. The minimum atomic E-state index is 0.0404. The van der Waals surface area contributed by atoms with Gasteiger partial charge in [-0.05, 0) is 43.2 Å². The minimum absolute atomic E-state index is 0.0404. The van der Waals surface area contributed by atoms with Gasteiger partial charge in [0.2, 0.25) is 0 Å². The van der Waals surface area contributed by atoms with Gasteiger partial charge in [-0.1, -0.05) is 19.1 Å². The van der Waals surface area contributed by atoms with Gasteiger partial charge in [-0.2, -0.15) is 0 Å². The van der Waals surface area contributed by atoms with Crippen LogP contribution in [0.2, 0.25) is 0 Å². The molecular weight excluding hydrogens is 354 g/mol. The Bertz CT molecular complexity index is 858. The van der Waals surface area contributed by atoms with Crippen LogP contribution >= 0.6 is 0 Å². The van der Waals surface area contributed by atoms with Crippen molar-refractivity contribution in [2.75, 3.05) is 39.5 Å². The van der Waals surface area contributed by atoms with Crippen LogP contribution in [0.15, 0.2) is 36.4 Å². The van der Waals surface area contributed by atoms with Crippen molar-refractivity contribution in [2.45, 2.75) is 26.3 Å². The molecule has 0 radical (unpaired) electrons. The Kier molecular flexibility index (Phi) is 5.64. The second-order valence-electron chi connectivity index (χ2n) is 7.37. The number of morpholine rings is 1. The molecule has 148 valence electrons. The predicted molar refractivity (Wildman–Crippen MR) is 108 cm³/mol. The summed E-state index contributed by atoms with van der Waals surface area (Å²) in [7, 11) is 0. The maximum atomic E-state index is 12.9. The van der Waals surface area contributed by atoms with E-state index in [1.807, 2.05) is 36.4 Å². The summed E-state index contributed by atoms with van der Waals surface area (Å²) in [6, 6.07) is 11.8. The van der Waals surface area contributed by atoms with E-state index in [2.05, 4.69) is 18.7 Å². The number of benzene rings is 2. The lowest BCUT2D eigenvalue weighted by Crippen LogP contribution is -2.44. The van der Waals surface area contributed by atoms with E-state index in [9.17, 15) is 4.79 Å². The number of hydrogen-bond acceptors (Lipinski definition) is 5. The molecule has 0 saturated carbocycles. The molecule has 0 aromatic heterocycles. The number of hydrogen-bond donors (Lipinski definition) is 0. The third kappa shape index (κ3) is 3.64. The van der Waals surface area contributed by atoms with E-state index in [0.29, 0.717) is 30.4 Å². The van der Waals surface area contributed by atoms with Crippen molar-refractivity contribution in [3.05, 3.63) is 47.5 Å². The first-order valence-corrected chi connectivity index (χ1v) is 10.1. The fourth-order valence-electron chi connectivity index (χ4n) is 3.84. The van der Waals surface area contributed by atoms with Crippen LogP contribution in [0.5, 0.6) is 11.5 Å². The van der Waals surface area contributed by atoms with Crippen molar-refractivity contribution in [1.82, 2.24) is 4.90 Å². The van der Waals surface area contributed by atoms with Crippen LogP contribution in [-0.2, 0) is 4.74 Å². The number of ketones is 1. The van der Waals surface area contributed by atoms with Gasteiger partial charge in [0.15, 0.2) is 5.78 Å². The lowest BCUT2D eigenvalue weighted by atomic mass is 10.0. The molecule has 28 heavy (non-hydrogen) atoms. The molecular formula is C23H27NO4. The highest BCUT2D eigenvalue weighted by molar-refractivity contribution is 6.22. The highest BCUT2D eigenvalue weighted by Crippen LogP contribution is 2.43. The van der Waals surface area contributed by atoms with Gasteiger partial charge in [0.05, 0.1) is 19.8 Å². The summed E-state index contributed by atoms with van der Waals surface area (Å²) < 4.78 is 17.3. The fraction of sp³-hybridized carbons (Fsp3) is 0.435. The van der Waals surface area contributed by atoms with E-state index >= 15 is 0 Å².